The molecule has 0 N–H and O–H groups in total. The lowest BCUT2D eigenvalue weighted by molar-refractivity contribution is 0.0682. The standard InChI is InChI=1S/C17H17N3O4S2/c1-26(22,23)17-14(18-19-25-17)11-6-8-20(9-7-11)16(21)15-13-5-3-2-4-12(13)10-24-15/h2-5,10-11H,6-9H2,1H3. The number of hydrogen-bond acceptors (Lipinski definition) is 7. The Morgan fingerprint density at radius 1 is 1.27 bits per heavy atom. The van der Waals surface area contributed by atoms with Gasteiger partial charge in [-0.25, -0.2) is 8.42 Å². The number of rotatable bonds is 3. The number of piperidine rings is 1. The second kappa shape index (κ2) is 6.48. The van der Waals surface area contributed by atoms with Gasteiger partial charge in [-0.3, -0.25) is 4.79 Å². The van der Waals surface area contributed by atoms with Gasteiger partial charge in [0.05, 0.1) is 12.0 Å². The van der Waals surface area contributed by atoms with Crippen molar-refractivity contribution in [3.8, 4) is 0 Å². The molecular formula is C17H17N3O4S2. The van der Waals surface area contributed by atoms with E-state index in [4.69, 9.17) is 4.42 Å². The molecule has 1 saturated heterocycles. The van der Waals surface area contributed by atoms with Gasteiger partial charge < -0.3 is 9.32 Å². The molecule has 0 unspecified atom stereocenters. The van der Waals surface area contributed by atoms with Crippen LogP contribution >= 0.6 is 11.5 Å². The van der Waals surface area contributed by atoms with E-state index in [1.54, 1.807) is 11.2 Å². The number of amides is 1. The number of furan rings is 1. The third kappa shape index (κ3) is 3.01. The number of carbonyl (C=O) groups is 1. The Bertz CT molecular complexity index is 1060. The predicted octanol–water partition coefficient (Wildman–Crippen LogP) is 2.71. The summed E-state index contributed by atoms with van der Waals surface area (Å²) in [4.78, 5) is 14.6. The van der Waals surface area contributed by atoms with Gasteiger partial charge in [0.2, 0.25) is 0 Å². The maximum atomic E-state index is 12.8. The van der Waals surface area contributed by atoms with Crippen molar-refractivity contribution < 1.29 is 17.6 Å². The normalized spacial score (nSPS) is 16.3. The highest BCUT2D eigenvalue weighted by atomic mass is 32.2. The van der Waals surface area contributed by atoms with Crippen molar-refractivity contribution in [2.24, 2.45) is 0 Å². The van der Waals surface area contributed by atoms with E-state index in [0.717, 1.165) is 22.3 Å². The SMILES string of the molecule is CS(=O)(=O)c1snnc1C1CCN(C(=O)c2occ3ccccc23)CC1. The maximum absolute atomic E-state index is 12.8. The molecule has 3 aromatic rings. The van der Waals surface area contributed by atoms with Crippen molar-refractivity contribution in [1.29, 1.82) is 0 Å². The minimum absolute atomic E-state index is 0.00382. The summed E-state index contributed by atoms with van der Waals surface area (Å²) >= 11 is 0.912. The Balaban J connectivity index is 1.51. The second-order valence-electron chi connectivity index (χ2n) is 6.44. The number of benzene rings is 1. The van der Waals surface area contributed by atoms with E-state index in [-0.39, 0.29) is 16.0 Å². The molecule has 3 heterocycles. The molecule has 9 heteroatoms. The fourth-order valence-corrected chi connectivity index (χ4v) is 5.09. The molecular weight excluding hydrogens is 374 g/mol. The van der Waals surface area contributed by atoms with Crippen molar-refractivity contribution in [3.05, 3.63) is 42.0 Å². The number of hydrogen-bond donors (Lipinski definition) is 0. The molecule has 1 fully saturated rings. The average molecular weight is 391 g/mol. The Labute approximate surface area is 154 Å². The van der Waals surface area contributed by atoms with E-state index in [1.807, 2.05) is 24.3 Å². The van der Waals surface area contributed by atoms with Crippen molar-refractivity contribution in [3.63, 3.8) is 0 Å². The highest BCUT2D eigenvalue weighted by molar-refractivity contribution is 7.92. The number of carbonyl (C=O) groups excluding carboxylic acids is 1. The molecule has 1 aliphatic heterocycles. The summed E-state index contributed by atoms with van der Waals surface area (Å²) in [7, 11) is -3.33. The van der Waals surface area contributed by atoms with E-state index < -0.39 is 9.84 Å². The molecule has 136 valence electrons. The summed E-state index contributed by atoms with van der Waals surface area (Å²) in [6, 6.07) is 7.56. The van der Waals surface area contributed by atoms with Gasteiger partial charge in [0, 0.05) is 47.6 Å². The minimum Gasteiger partial charge on any atom is -0.458 e. The van der Waals surface area contributed by atoms with Crippen LogP contribution in [0.3, 0.4) is 0 Å². The molecule has 4 rings (SSSR count). The lowest BCUT2D eigenvalue weighted by Gasteiger charge is -2.30. The van der Waals surface area contributed by atoms with Crippen LogP contribution < -0.4 is 0 Å². The van der Waals surface area contributed by atoms with Crippen LogP contribution in [0.2, 0.25) is 0 Å². The maximum Gasteiger partial charge on any atom is 0.290 e. The summed E-state index contributed by atoms with van der Waals surface area (Å²) in [6.07, 6.45) is 4.07. The molecule has 0 radical (unpaired) electrons. The first-order chi connectivity index (χ1) is 12.4. The van der Waals surface area contributed by atoms with Gasteiger partial charge in [0.25, 0.3) is 5.91 Å². The summed E-state index contributed by atoms with van der Waals surface area (Å²) in [5.41, 5.74) is 0.535. The zero-order valence-corrected chi connectivity index (χ0v) is 15.7. The summed E-state index contributed by atoms with van der Waals surface area (Å²) in [5.74, 6) is 0.214. The Morgan fingerprint density at radius 3 is 2.73 bits per heavy atom. The fraction of sp³-hybridized carbons (Fsp3) is 0.353. The molecule has 1 amide bonds. The first kappa shape index (κ1) is 17.2. The largest absolute Gasteiger partial charge is 0.458 e. The van der Waals surface area contributed by atoms with Crippen LogP contribution in [0.25, 0.3) is 10.8 Å². The van der Waals surface area contributed by atoms with Gasteiger partial charge in [-0.2, -0.15) is 0 Å². The summed E-state index contributed by atoms with van der Waals surface area (Å²) in [6.45, 7) is 1.05. The van der Waals surface area contributed by atoms with Crippen LogP contribution in [-0.4, -0.2) is 48.2 Å². The first-order valence-electron chi connectivity index (χ1n) is 8.23. The third-order valence-corrected chi connectivity index (χ3v) is 7.24. The molecule has 26 heavy (non-hydrogen) atoms. The van der Waals surface area contributed by atoms with Crippen LogP contribution in [0.4, 0.5) is 0 Å². The summed E-state index contributed by atoms with van der Waals surface area (Å²) in [5, 5.41) is 5.74. The van der Waals surface area contributed by atoms with Gasteiger partial charge in [0.15, 0.2) is 19.8 Å². The van der Waals surface area contributed by atoms with E-state index in [2.05, 4.69) is 9.59 Å². The number of nitrogens with zero attached hydrogens (tertiary/aromatic N) is 3. The van der Waals surface area contributed by atoms with Crippen molar-refractivity contribution in [1.82, 2.24) is 14.5 Å². The topological polar surface area (TPSA) is 93.4 Å². The van der Waals surface area contributed by atoms with Crippen molar-refractivity contribution >= 4 is 38.0 Å². The van der Waals surface area contributed by atoms with Crippen molar-refractivity contribution in [2.75, 3.05) is 19.3 Å². The predicted molar refractivity (Wildman–Crippen MR) is 97.1 cm³/mol. The number of aromatic nitrogens is 2. The molecule has 0 bridgehead atoms. The van der Waals surface area contributed by atoms with Crippen LogP contribution in [0, 0.1) is 0 Å². The highest BCUT2D eigenvalue weighted by Crippen LogP contribution is 2.33. The highest BCUT2D eigenvalue weighted by Gasteiger charge is 2.31. The Kier molecular flexibility index (Phi) is 4.28. The smallest absolute Gasteiger partial charge is 0.290 e. The molecule has 7 nitrogen and oxygen atoms in total. The Hall–Kier alpha value is -2.26. The zero-order chi connectivity index (χ0) is 18.3. The number of likely N-dealkylation sites (tertiary alicyclic amines) is 1. The average Bonchev–Trinajstić information content (AvgIpc) is 3.28. The molecule has 0 saturated carbocycles. The zero-order valence-electron chi connectivity index (χ0n) is 14.1. The van der Waals surface area contributed by atoms with Gasteiger partial charge in [-0.1, -0.05) is 28.8 Å². The lowest BCUT2D eigenvalue weighted by atomic mass is 9.94. The van der Waals surface area contributed by atoms with E-state index in [9.17, 15) is 13.2 Å². The van der Waals surface area contributed by atoms with Gasteiger partial charge in [-0.05, 0) is 12.8 Å². The number of fused-ring (bicyclic) bond motifs is 1. The van der Waals surface area contributed by atoms with Crippen LogP contribution in [0.5, 0.6) is 0 Å². The van der Waals surface area contributed by atoms with Gasteiger partial charge in [-0.15, -0.1) is 5.10 Å². The first-order valence-corrected chi connectivity index (χ1v) is 10.9. The molecule has 0 aliphatic carbocycles. The van der Waals surface area contributed by atoms with Crippen LogP contribution in [-0.2, 0) is 9.84 Å². The van der Waals surface area contributed by atoms with E-state index in [1.165, 1.54) is 6.26 Å². The molecule has 0 spiro atoms. The van der Waals surface area contributed by atoms with E-state index >= 15 is 0 Å². The van der Waals surface area contributed by atoms with Gasteiger partial charge in [0.1, 0.15) is 0 Å². The van der Waals surface area contributed by atoms with Gasteiger partial charge >= 0.3 is 0 Å². The quantitative estimate of drug-likeness (QED) is 0.681. The van der Waals surface area contributed by atoms with Crippen LogP contribution in [0.1, 0.15) is 35.0 Å². The third-order valence-electron chi connectivity index (χ3n) is 4.69. The number of sulfone groups is 1. The lowest BCUT2D eigenvalue weighted by Crippen LogP contribution is -2.38. The molecule has 1 aliphatic rings. The van der Waals surface area contributed by atoms with E-state index in [0.29, 0.717) is 37.4 Å². The second-order valence-corrected chi connectivity index (χ2v) is 9.40. The Morgan fingerprint density at radius 2 is 2.00 bits per heavy atom. The van der Waals surface area contributed by atoms with Crippen LogP contribution in [0.15, 0.2) is 39.2 Å². The fourth-order valence-electron chi connectivity index (χ4n) is 3.35. The minimum atomic E-state index is -3.33. The molecule has 1 aromatic carbocycles. The molecule has 2 aromatic heterocycles. The summed E-state index contributed by atoms with van der Waals surface area (Å²) < 4.78 is 33.3. The monoisotopic (exact) mass is 391 g/mol. The van der Waals surface area contributed by atoms with Crippen molar-refractivity contribution in [2.45, 2.75) is 23.0 Å². The molecule has 0 atom stereocenters.